The van der Waals surface area contributed by atoms with Crippen LogP contribution in [0, 0.1) is 6.92 Å². The fourth-order valence-electron chi connectivity index (χ4n) is 1.68. The Morgan fingerprint density at radius 1 is 1.26 bits per heavy atom. The molecule has 1 aromatic heterocycles. The fourth-order valence-corrected chi connectivity index (χ4v) is 1.68. The van der Waals surface area contributed by atoms with Gasteiger partial charge in [0, 0.05) is 23.9 Å². The molecule has 0 unspecified atom stereocenters. The highest BCUT2D eigenvalue weighted by molar-refractivity contribution is 5.37. The Morgan fingerprint density at radius 2 is 2.05 bits per heavy atom. The molecule has 5 heteroatoms. The van der Waals surface area contributed by atoms with Gasteiger partial charge in [0.25, 0.3) is 0 Å². The zero-order chi connectivity index (χ0) is 13.7. The van der Waals surface area contributed by atoms with Crippen LogP contribution < -0.4 is 10.1 Å². The van der Waals surface area contributed by atoms with E-state index < -0.39 is 0 Å². The van der Waals surface area contributed by atoms with Crippen molar-refractivity contribution in [3.63, 3.8) is 0 Å². The van der Waals surface area contributed by atoms with E-state index in [1.54, 1.807) is 12.1 Å². The molecular weight excluding hydrogens is 242 g/mol. The third kappa shape index (κ3) is 3.42. The number of benzene rings is 1. The maximum Gasteiger partial charge on any atom is 0.226 e. The molecule has 0 atom stereocenters. The zero-order valence-electron chi connectivity index (χ0n) is 11.1. The lowest BCUT2D eigenvalue weighted by Gasteiger charge is -2.10. The third-order valence-corrected chi connectivity index (χ3v) is 2.52. The molecule has 5 nitrogen and oxygen atoms in total. The van der Waals surface area contributed by atoms with Gasteiger partial charge in [0.1, 0.15) is 5.75 Å². The Labute approximate surface area is 112 Å². The molecule has 19 heavy (non-hydrogen) atoms. The first kappa shape index (κ1) is 13.3. The number of anilines is 1. The van der Waals surface area contributed by atoms with Gasteiger partial charge in [0.15, 0.2) is 0 Å². The zero-order valence-corrected chi connectivity index (χ0v) is 11.1. The number of para-hydroxylation sites is 1. The SMILES string of the molecule is CCNc1nc(C)cc(Oc2ccccc2CO)n1. The Kier molecular flexibility index (Phi) is 4.30. The molecule has 2 aromatic rings. The molecule has 2 rings (SSSR count). The van der Waals surface area contributed by atoms with Crippen molar-refractivity contribution in [3.8, 4) is 11.6 Å². The average Bonchev–Trinajstić information content (AvgIpc) is 2.39. The molecule has 0 aliphatic rings. The normalized spacial score (nSPS) is 10.3. The summed E-state index contributed by atoms with van der Waals surface area (Å²) in [6, 6.07) is 9.08. The molecular formula is C14H17N3O2. The largest absolute Gasteiger partial charge is 0.438 e. The smallest absolute Gasteiger partial charge is 0.226 e. The number of aliphatic hydroxyl groups is 1. The van der Waals surface area contributed by atoms with Gasteiger partial charge >= 0.3 is 0 Å². The monoisotopic (exact) mass is 259 g/mol. The Hall–Kier alpha value is -2.14. The van der Waals surface area contributed by atoms with Crippen LogP contribution in [0.15, 0.2) is 30.3 Å². The molecule has 0 saturated heterocycles. The van der Waals surface area contributed by atoms with Crippen LogP contribution in [-0.2, 0) is 6.61 Å². The summed E-state index contributed by atoms with van der Waals surface area (Å²) < 4.78 is 5.72. The van der Waals surface area contributed by atoms with Crippen molar-refractivity contribution in [1.82, 2.24) is 9.97 Å². The molecule has 0 fully saturated rings. The van der Waals surface area contributed by atoms with E-state index in [-0.39, 0.29) is 6.61 Å². The molecule has 0 spiro atoms. The van der Waals surface area contributed by atoms with Crippen molar-refractivity contribution >= 4 is 5.95 Å². The second-order valence-corrected chi connectivity index (χ2v) is 4.07. The number of rotatable bonds is 5. The van der Waals surface area contributed by atoms with E-state index in [0.29, 0.717) is 17.6 Å². The van der Waals surface area contributed by atoms with Gasteiger partial charge in [0.2, 0.25) is 11.8 Å². The van der Waals surface area contributed by atoms with E-state index in [1.807, 2.05) is 32.0 Å². The summed E-state index contributed by atoms with van der Waals surface area (Å²) in [5.41, 5.74) is 1.55. The van der Waals surface area contributed by atoms with Crippen LogP contribution in [-0.4, -0.2) is 21.6 Å². The van der Waals surface area contributed by atoms with Crippen molar-refractivity contribution in [2.45, 2.75) is 20.5 Å². The maximum atomic E-state index is 9.26. The quantitative estimate of drug-likeness (QED) is 0.863. The molecule has 0 aliphatic carbocycles. The fraction of sp³-hybridized carbons (Fsp3) is 0.286. The van der Waals surface area contributed by atoms with E-state index in [4.69, 9.17) is 4.74 Å². The second-order valence-electron chi connectivity index (χ2n) is 4.07. The van der Waals surface area contributed by atoms with Gasteiger partial charge in [-0.15, -0.1) is 0 Å². The number of nitrogens with zero attached hydrogens (tertiary/aromatic N) is 2. The maximum absolute atomic E-state index is 9.26. The lowest BCUT2D eigenvalue weighted by molar-refractivity contribution is 0.276. The molecule has 2 N–H and O–H groups in total. The summed E-state index contributed by atoms with van der Waals surface area (Å²) in [5, 5.41) is 12.3. The number of nitrogens with one attached hydrogen (secondary N) is 1. The molecule has 100 valence electrons. The van der Waals surface area contributed by atoms with Gasteiger partial charge in [-0.1, -0.05) is 18.2 Å². The van der Waals surface area contributed by atoms with Crippen LogP contribution in [0.2, 0.25) is 0 Å². The van der Waals surface area contributed by atoms with Gasteiger partial charge in [-0.05, 0) is 19.9 Å². The first-order chi connectivity index (χ1) is 9.22. The van der Waals surface area contributed by atoms with Gasteiger partial charge in [-0.2, -0.15) is 4.98 Å². The molecule has 0 saturated carbocycles. The number of hydrogen-bond acceptors (Lipinski definition) is 5. The minimum absolute atomic E-state index is 0.0691. The number of ether oxygens (including phenoxy) is 1. The predicted octanol–water partition coefficient (Wildman–Crippen LogP) is 2.50. The van der Waals surface area contributed by atoms with E-state index in [2.05, 4.69) is 15.3 Å². The summed E-state index contributed by atoms with van der Waals surface area (Å²) in [6.45, 7) is 4.54. The topological polar surface area (TPSA) is 67.3 Å². The number of aliphatic hydroxyl groups excluding tert-OH is 1. The lowest BCUT2D eigenvalue weighted by Crippen LogP contribution is -2.04. The van der Waals surface area contributed by atoms with Crippen molar-refractivity contribution in [3.05, 3.63) is 41.6 Å². The Balaban J connectivity index is 2.27. The highest BCUT2D eigenvalue weighted by Crippen LogP contribution is 2.24. The summed E-state index contributed by atoms with van der Waals surface area (Å²) in [6.07, 6.45) is 0. The molecule has 0 bridgehead atoms. The van der Waals surface area contributed by atoms with Crippen molar-refractivity contribution in [2.75, 3.05) is 11.9 Å². The van der Waals surface area contributed by atoms with Crippen molar-refractivity contribution in [2.24, 2.45) is 0 Å². The summed E-state index contributed by atoms with van der Waals surface area (Å²) in [5.74, 6) is 1.61. The molecule has 1 aromatic carbocycles. The minimum atomic E-state index is -0.0691. The molecule has 0 aliphatic heterocycles. The average molecular weight is 259 g/mol. The minimum Gasteiger partial charge on any atom is -0.438 e. The van der Waals surface area contributed by atoms with Gasteiger partial charge < -0.3 is 15.2 Å². The Bertz CT molecular complexity index is 558. The van der Waals surface area contributed by atoms with Gasteiger partial charge in [0.05, 0.1) is 6.61 Å². The summed E-state index contributed by atoms with van der Waals surface area (Å²) >= 11 is 0. The summed E-state index contributed by atoms with van der Waals surface area (Å²) in [7, 11) is 0. The Morgan fingerprint density at radius 3 is 2.79 bits per heavy atom. The van der Waals surface area contributed by atoms with E-state index in [1.165, 1.54) is 0 Å². The summed E-state index contributed by atoms with van der Waals surface area (Å²) in [4.78, 5) is 8.52. The van der Waals surface area contributed by atoms with Crippen LogP contribution in [0.25, 0.3) is 0 Å². The number of hydrogen-bond donors (Lipinski definition) is 2. The standard InChI is InChI=1S/C14H17N3O2/c1-3-15-14-16-10(2)8-13(17-14)19-12-7-5-4-6-11(12)9-18/h4-8,18H,3,9H2,1-2H3,(H,15,16,17). The van der Waals surface area contributed by atoms with Crippen LogP contribution in [0.1, 0.15) is 18.2 Å². The number of aryl methyl sites for hydroxylation is 1. The van der Waals surface area contributed by atoms with Crippen molar-refractivity contribution < 1.29 is 9.84 Å². The van der Waals surface area contributed by atoms with Gasteiger partial charge in [-0.25, -0.2) is 4.98 Å². The molecule has 0 amide bonds. The number of aromatic nitrogens is 2. The van der Waals surface area contributed by atoms with E-state index >= 15 is 0 Å². The van der Waals surface area contributed by atoms with Crippen molar-refractivity contribution in [1.29, 1.82) is 0 Å². The van der Waals surface area contributed by atoms with E-state index in [9.17, 15) is 5.11 Å². The molecule has 0 radical (unpaired) electrons. The third-order valence-electron chi connectivity index (χ3n) is 2.52. The van der Waals surface area contributed by atoms with Crippen LogP contribution in [0.3, 0.4) is 0 Å². The highest BCUT2D eigenvalue weighted by atomic mass is 16.5. The second kappa shape index (κ2) is 6.15. The van der Waals surface area contributed by atoms with Gasteiger partial charge in [-0.3, -0.25) is 0 Å². The molecule has 1 heterocycles. The van der Waals surface area contributed by atoms with Crippen LogP contribution >= 0.6 is 0 Å². The predicted molar refractivity (Wildman–Crippen MR) is 73.4 cm³/mol. The van der Waals surface area contributed by atoms with E-state index in [0.717, 1.165) is 17.8 Å². The first-order valence-corrected chi connectivity index (χ1v) is 6.19. The first-order valence-electron chi connectivity index (χ1n) is 6.19. The highest BCUT2D eigenvalue weighted by Gasteiger charge is 2.07. The van der Waals surface area contributed by atoms with Crippen LogP contribution in [0.4, 0.5) is 5.95 Å². The van der Waals surface area contributed by atoms with Crippen LogP contribution in [0.5, 0.6) is 11.6 Å². The lowest BCUT2D eigenvalue weighted by atomic mass is 10.2.